The van der Waals surface area contributed by atoms with Crippen LogP contribution >= 0.6 is 0 Å². The molecule has 0 aliphatic carbocycles. The molecule has 148 valence electrons. The quantitative estimate of drug-likeness (QED) is 0.665. The largest absolute Gasteiger partial charge is 0.367 e. The van der Waals surface area contributed by atoms with Crippen molar-refractivity contribution in [2.45, 2.75) is 19.1 Å². The zero-order chi connectivity index (χ0) is 20.2. The lowest BCUT2D eigenvalue weighted by molar-refractivity contribution is 0.303. The van der Waals surface area contributed by atoms with Crippen molar-refractivity contribution in [2.75, 3.05) is 29.9 Å². The Morgan fingerprint density at radius 1 is 1.10 bits per heavy atom. The fourth-order valence-corrected chi connectivity index (χ4v) is 3.38. The van der Waals surface area contributed by atoms with Crippen LogP contribution in [0.15, 0.2) is 49.2 Å². The predicted octanol–water partition coefficient (Wildman–Crippen LogP) is 2.41. The number of benzene rings is 1. The summed E-state index contributed by atoms with van der Waals surface area (Å²) in [6.45, 7) is 3.83. The number of hydrogen-bond acceptors (Lipinski definition) is 7. The zero-order valence-corrected chi connectivity index (χ0v) is 16.0. The minimum Gasteiger partial charge on any atom is -0.367 e. The van der Waals surface area contributed by atoms with E-state index in [1.54, 1.807) is 6.33 Å². The Morgan fingerprint density at radius 3 is 2.59 bits per heavy atom. The summed E-state index contributed by atoms with van der Waals surface area (Å²) in [5.74, 6) is 1.12. The molecule has 3 heterocycles. The molecule has 1 saturated heterocycles. The number of nitrogens with zero attached hydrogens (tertiary/aromatic N) is 6. The van der Waals surface area contributed by atoms with Crippen molar-refractivity contribution >= 4 is 17.3 Å². The Hall–Kier alpha value is -3.51. The summed E-state index contributed by atoms with van der Waals surface area (Å²) in [4.78, 5) is 14.5. The van der Waals surface area contributed by atoms with Gasteiger partial charge < -0.3 is 20.1 Å². The number of anilines is 3. The van der Waals surface area contributed by atoms with E-state index in [1.807, 2.05) is 48.0 Å². The third kappa shape index (κ3) is 4.17. The van der Waals surface area contributed by atoms with Gasteiger partial charge in [-0.25, -0.2) is 19.3 Å². The molecule has 8 nitrogen and oxygen atoms in total. The van der Waals surface area contributed by atoms with Gasteiger partial charge in [0.15, 0.2) is 5.69 Å². The van der Waals surface area contributed by atoms with E-state index in [2.05, 4.69) is 30.5 Å². The van der Waals surface area contributed by atoms with Gasteiger partial charge in [-0.2, -0.15) is 5.26 Å². The summed E-state index contributed by atoms with van der Waals surface area (Å²) in [7, 11) is 0. The highest BCUT2D eigenvalue weighted by Crippen LogP contribution is 2.24. The van der Waals surface area contributed by atoms with Crippen molar-refractivity contribution in [2.24, 2.45) is 0 Å². The number of imidazole rings is 1. The first-order chi connectivity index (χ1) is 14.2. The standard InChI is InChI=1S/C20H21FN8/c1-2-23-18-11-28(10-17(18)21)15-3-5-16(6-4-15)29-12-20(26-13-29)27-19-9-24-14(7-22)8-25-19/h3-6,8-9,12-13,17-18,23H,2,10-11H2,1H3,(H,25,27). The van der Waals surface area contributed by atoms with Crippen LogP contribution in [-0.2, 0) is 0 Å². The number of hydrogen-bond donors (Lipinski definition) is 2. The first-order valence-corrected chi connectivity index (χ1v) is 9.42. The van der Waals surface area contributed by atoms with Gasteiger partial charge in [0.05, 0.1) is 31.2 Å². The molecule has 1 aliphatic heterocycles. The van der Waals surface area contributed by atoms with Crippen LogP contribution in [0.5, 0.6) is 0 Å². The maximum Gasteiger partial charge on any atom is 0.158 e. The van der Waals surface area contributed by atoms with E-state index in [0.717, 1.165) is 17.9 Å². The van der Waals surface area contributed by atoms with Gasteiger partial charge in [0.2, 0.25) is 0 Å². The minimum atomic E-state index is -0.859. The molecule has 0 amide bonds. The van der Waals surface area contributed by atoms with Crippen LogP contribution in [0.2, 0.25) is 0 Å². The molecular weight excluding hydrogens is 371 g/mol. The van der Waals surface area contributed by atoms with Crippen LogP contribution in [0.25, 0.3) is 5.69 Å². The van der Waals surface area contributed by atoms with Gasteiger partial charge in [0.25, 0.3) is 0 Å². The number of likely N-dealkylation sites (N-methyl/N-ethyl adjacent to an activating group) is 1. The predicted molar refractivity (Wildman–Crippen MR) is 108 cm³/mol. The topological polar surface area (TPSA) is 94.7 Å². The van der Waals surface area contributed by atoms with E-state index in [0.29, 0.717) is 24.7 Å². The maximum atomic E-state index is 14.1. The van der Waals surface area contributed by atoms with Crippen molar-refractivity contribution in [1.29, 1.82) is 5.26 Å². The van der Waals surface area contributed by atoms with Gasteiger partial charge in [0, 0.05) is 17.9 Å². The van der Waals surface area contributed by atoms with Crippen LogP contribution in [0.3, 0.4) is 0 Å². The van der Waals surface area contributed by atoms with E-state index in [9.17, 15) is 4.39 Å². The van der Waals surface area contributed by atoms with Gasteiger partial charge in [-0.3, -0.25) is 0 Å². The molecule has 4 rings (SSSR count). The average molecular weight is 392 g/mol. The Bertz CT molecular complexity index is 993. The van der Waals surface area contributed by atoms with E-state index >= 15 is 0 Å². The summed E-state index contributed by atoms with van der Waals surface area (Å²) in [6, 6.07) is 9.77. The fourth-order valence-electron chi connectivity index (χ4n) is 3.38. The summed E-state index contributed by atoms with van der Waals surface area (Å²) in [5, 5.41) is 15.0. The van der Waals surface area contributed by atoms with Crippen molar-refractivity contribution in [3.8, 4) is 11.8 Å². The van der Waals surface area contributed by atoms with Crippen LogP contribution < -0.4 is 15.5 Å². The smallest absolute Gasteiger partial charge is 0.158 e. The highest BCUT2D eigenvalue weighted by Gasteiger charge is 2.32. The molecule has 0 radical (unpaired) electrons. The van der Waals surface area contributed by atoms with Crippen molar-refractivity contribution in [3.63, 3.8) is 0 Å². The molecule has 3 aromatic rings. The molecule has 1 aromatic carbocycles. The Balaban J connectivity index is 1.42. The molecule has 2 atom stereocenters. The lowest BCUT2D eigenvalue weighted by Crippen LogP contribution is -2.37. The van der Waals surface area contributed by atoms with Crippen LogP contribution in [0.1, 0.15) is 12.6 Å². The van der Waals surface area contributed by atoms with E-state index in [-0.39, 0.29) is 11.7 Å². The highest BCUT2D eigenvalue weighted by atomic mass is 19.1. The molecule has 2 aromatic heterocycles. The van der Waals surface area contributed by atoms with Crippen LogP contribution in [0, 0.1) is 11.3 Å². The van der Waals surface area contributed by atoms with Gasteiger partial charge in [-0.05, 0) is 30.8 Å². The van der Waals surface area contributed by atoms with Gasteiger partial charge in [-0.1, -0.05) is 6.92 Å². The van der Waals surface area contributed by atoms with Gasteiger partial charge >= 0.3 is 0 Å². The van der Waals surface area contributed by atoms with Crippen molar-refractivity contribution < 1.29 is 4.39 Å². The number of aromatic nitrogens is 4. The summed E-state index contributed by atoms with van der Waals surface area (Å²) >= 11 is 0. The van der Waals surface area contributed by atoms with Gasteiger partial charge in [0.1, 0.15) is 30.2 Å². The third-order valence-electron chi connectivity index (χ3n) is 4.83. The Labute approximate surface area is 168 Å². The van der Waals surface area contributed by atoms with Crippen LogP contribution in [-0.4, -0.2) is 51.4 Å². The molecule has 1 fully saturated rings. The number of alkyl halides is 1. The maximum absolute atomic E-state index is 14.1. The lowest BCUT2D eigenvalue weighted by Gasteiger charge is -2.18. The Morgan fingerprint density at radius 2 is 1.90 bits per heavy atom. The minimum absolute atomic E-state index is 0.118. The van der Waals surface area contributed by atoms with Crippen LogP contribution in [0.4, 0.5) is 21.7 Å². The summed E-state index contributed by atoms with van der Waals surface area (Å²) < 4.78 is 16.0. The highest BCUT2D eigenvalue weighted by molar-refractivity contribution is 5.54. The number of nitrogens with one attached hydrogen (secondary N) is 2. The van der Waals surface area contributed by atoms with Gasteiger partial charge in [-0.15, -0.1) is 0 Å². The molecule has 0 spiro atoms. The molecule has 0 bridgehead atoms. The number of rotatable bonds is 6. The first-order valence-electron chi connectivity index (χ1n) is 9.42. The molecule has 2 unspecified atom stereocenters. The second kappa shape index (κ2) is 8.24. The zero-order valence-electron chi connectivity index (χ0n) is 16.0. The molecule has 29 heavy (non-hydrogen) atoms. The summed E-state index contributed by atoms with van der Waals surface area (Å²) in [5.41, 5.74) is 2.21. The molecular formula is C20H21FN8. The van der Waals surface area contributed by atoms with E-state index in [4.69, 9.17) is 5.26 Å². The van der Waals surface area contributed by atoms with Crippen molar-refractivity contribution in [1.82, 2.24) is 24.8 Å². The SMILES string of the molecule is CCNC1CN(c2ccc(-n3cnc(Nc4cnc(C#N)cn4)c3)cc2)CC1F. The molecule has 0 saturated carbocycles. The van der Waals surface area contributed by atoms with E-state index < -0.39 is 6.17 Å². The first kappa shape index (κ1) is 18.8. The normalized spacial score (nSPS) is 18.6. The second-order valence-electron chi connectivity index (χ2n) is 6.79. The Kier molecular flexibility index (Phi) is 5.35. The molecule has 9 heteroatoms. The number of halogens is 1. The lowest BCUT2D eigenvalue weighted by atomic mass is 10.2. The van der Waals surface area contributed by atoms with E-state index in [1.165, 1.54) is 12.4 Å². The third-order valence-corrected chi connectivity index (χ3v) is 4.83. The molecule has 2 N–H and O–H groups in total. The fraction of sp³-hybridized carbons (Fsp3) is 0.300. The number of nitriles is 1. The second-order valence-corrected chi connectivity index (χ2v) is 6.79. The van der Waals surface area contributed by atoms with Crippen molar-refractivity contribution in [3.05, 3.63) is 54.9 Å². The molecule has 1 aliphatic rings. The monoisotopic (exact) mass is 392 g/mol. The average Bonchev–Trinajstić information content (AvgIpc) is 3.36. The summed E-state index contributed by atoms with van der Waals surface area (Å²) in [6.07, 6.45) is 5.56.